The van der Waals surface area contributed by atoms with Crippen LogP contribution in [0, 0.1) is 0 Å². The van der Waals surface area contributed by atoms with Crippen LogP contribution in [0.5, 0.6) is 5.75 Å². The second-order valence-electron chi connectivity index (χ2n) is 5.89. The first-order valence-corrected chi connectivity index (χ1v) is 8.63. The predicted octanol–water partition coefficient (Wildman–Crippen LogP) is 0.971. The van der Waals surface area contributed by atoms with Crippen LogP contribution in [-0.2, 0) is 14.1 Å². The number of hydrogen-bond donors (Lipinski definition) is 2. The van der Waals surface area contributed by atoms with Gasteiger partial charge < -0.3 is 15.8 Å². The summed E-state index contributed by atoms with van der Waals surface area (Å²) >= 11 is 3.42. The third-order valence-electron chi connectivity index (χ3n) is 4.23. The lowest BCUT2D eigenvalue weighted by Crippen LogP contribution is -2.43. The molecule has 0 radical (unpaired) electrons. The minimum atomic E-state index is -0.697. The maximum atomic E-state index is 12.5. The van der Waals surface area contributed by atoms with E-state index < -0.39 is 17.0 Å². The van der Waals surface area contributed by atoms with Gasteiger partial charge in [-0.15, -0.1) is 0 Å². The van der Waals surface area contributed by atoms with Gasteiger partial charge in [0.1, 0.15) is 17.1 Å². The molecule has 1 aromatic heterocycles. The lowest BCUT2D eigenvalue weighted by molar-refractivity contribution is 0.0986. The number of halogens is 1. The first-order valence-electron chi connectivity index (χ1n) is 7.84. The quantitative estimate of drug-likeness (QED) is 0.668. The van der Waals surface area contributed by atoms with E-state index in [4.69, 9.17) is 10.5 Å². The molecule has 1 atom stereocenters. The van der Waals surface area contributed by atoms with Crippen LogP contribution in [-0.4, -0.2) is 28.6 Å². The number of aromatic nitrogens is 2. The molecule has 140 valence electrons. The van der Waals surface area contributed by atoms with Crippen LogP contribution in [0.25, 0.3) is 0 Å². The van der Waals surface area contributed by atoms with Gasteiger partial charge in [0.2, 0.25) is 0 Å². The van der Waals surface area contributed by atoms with E-state index in [1.165, 1.54) is 14.1 Å². The molecular formula is C17H21BrN4O4. The van der Waals surface area contributed by atoms with Crippen LogP contribution in [0.15, 0.2) is 32.3 Å². The van der Waals surface area contributed by atoms with Crippen molar-refractivity contribution < 1.29 is 9.53 Å². The molecule has 0 aliphatic carbocycles. The van der Waals surface area contributed by atoms with E-state index in [1.807, 2.05) is 25.1 Å². The maximum absolute atomic E-state index is 12.5. The molecule has 0 amide bonds. The average molecular weight is 425 g/mol. The molecule has 1 unspecified atom stereocenters. The largest absolute Gasteiger partial charge is 0.496 e. The smallest absolute Gasteiger partial charge is 0.332 e. The number of hydrogen-bond acceptors (Lipinski definition) is 6. The number of benzene rings is 1. The molecule has 1 aromatic carbocycles. The summed E-state index contributed by atoms with van der Waals surface area (Å²) in [6.45, 7) is 1.80. The summed E-state index contributed by atoms with van der Waals surface area (Å²) in [5.41, 5.74) is 5.28. The molecule has 1 heterocycles. The number of anilines is 1. The standard InChI is InChI=1S/C17H21BrN4O4/c1-9(10-5-6-13(26-4)11(18)7-10)20-8-12(23)14-15(19)21(2)17(25)22(3)16(14)24/h5-7,9,20H,8,19H2,1-4H3. The summed E-state index contributed by atoms with van der Waals surface area (Å²) in [6.07, 6.45) is 0. The third-order valence-corrected chi connectivity index (χ3v) is 4.85. The van der Waals surface area contributed by atoms with E-state index in [2.05, 4.69) is 21.2 Å². The van der Waals surface area contributed by atoms with Gasteiger partial charge in [-0.3, -0.25) is 18.7 Å². The minimum Gasteiger partial charge on any atom is -0.496 e. The molecule has 0 bridgehead atoms. The Morgan fingerprint density at radius 1 is 1.31 bits per heavy atom. The average Bonchev–Trinajstić information content (AvgIpc) is 2.62. The monoisotopic (exact) mass is 424 g/mol. The van der Waals surface area contributed by atoms with Crippen LogP contribution < -0.4 is 27.0 Å². The number of rotatable bonds is 6. The number of nitrogens with zero attached hydrogens (tertiary/aromatic N) is 2. The first-order chi connectivity index (χ1) is 12.2. The molecule has 8 nitrogen and oxygen atoms in total. The summed E-state index contributed by atoms with van der Waals surface area (Å²) in [7, 11) is 4.31. The number of Topliss-reactive ketones (excluding diaryl/α,β-unsaturated/α-hetero) is 1. The van der Waals surface area contributed by atoms with Crippen molar-refractivity contribution in [3.05, 3.63) is 54.6 Å². The van der Waals surface area contributed by atoms with Gasteiger partial charge in [-0.25, -0.2) is 4.79 Å². The normalized spacial score (nSPS) is 12.0. The Balaban J connectivity index is 2.20. The van der Waals surface area contributed by atoms with Gasteiger partial charge in [-0.2, -0.15) is 0 Å². The van der Waals surface area contributed by atoms with Crippen molar-refractivity contribution in [2.45, 2.75) is 13.0 Å². The summed E-state index contributed by atoms with van der Waals surface area (Å²) in [6, 6.07) is 5.44. The Morgan fingerprint density at radius 3 is 2.54 bits per heavy atom. The summed E-state index contributed by atoms with van der Waals surface area (Å²) in [5.74, 6) is 0.0985. The zero-order chi connectivity index (χ0) is 19.6. The summed E-state index contributed by atoms with van der Waals surface area (Å²) < 4.78 is 7.94. The molecule has 26 heavy (non-hydrogen) atoms. The van der Waals surface area contributed by atoms with Crippen molar-refractivity contribution in [2.75, 3.05) is 19.4 Å². The Morgan fingerprint density at radius 2 is 1.96 bits per heavy atom. The number of nitrogens with one attached hydrogen (secondary N) is 1. The number of nitrogen functional groups attached to an aromatic ring is 1. The Bertz CT molecular complexity index is 964. The van der Waals surface area contributed by atoms with E-state index in [0.29, 0.717) is 5.75 Å². The second kappa shape index (κ2) is 7.88. The van der Waals surface area contributed by atoms with Crippen molar-refractivity contribution in [2.24, 2.45) is 14.1 Å². The molecule has 9 heteroatoms. The highest BCUT2D eigenvalue weighted by Gasteiger charge is 2.20. The Kier molecular flexibility index (Phi) is 6.04. The Hall–Kier alpha value is -2.39. The summed E-state index contributed by atoms with van der Waals surface area (Å²) in [5, 5.41) is 3.07. The maximum Gasteiger partial charge on any atom is 0.332 e. The van der Waals surface area contributed by atoms with E-state index in [9.17, 15) is 14.4 Å². The van der Waals surface area contributed by atoms with Crippen molar-refractivity contribution in [3.63, 3.8) is 0 Å². The van der Waals surface area contributed by atoms with Crippen LogP contribution in [0.1, 0.15) is 28.9 Å². The minimum absolute atomic E-state index is 0.0948. The van der Waals surface area contributed by atoms with Gasteiger partial charge in [0.25, 0.3) is 5.56 Å². The molecule has 0 saturated carbocycles. The van der Waals surface area contributed by atoms with Crippen LogP contribution in [0.3, 0.4) is 0 Å². The van der Waals surface area contributed by atoms with Crippen molar-refractivity contribution >= 4 is 27.5 Å². The van der Waals surface area contributed by atoms with Gasteiger partial charge in [-0.05, 0) is 40.5 Å². The molecule has 0 aliphatic rings. The lowest BCUT2D eigenvalue weighted by atomic mass is 10.1. The van der Waals surface area contributed by atoms with Gasteiger partial charge in [0, 0.05) is 20.1 Å². The number of nitrogens with two attached hydrogens (primary N) is 1. The van der Waals surface area contributed by atoms with Crippen LogP contribution in [0.2, 0.25) is 0 Å². The fraction of sp³-hybridized carbons (Fsp3) is 0.353. The predicted molar refractivity (Wildman–Crippen MR) is 103 cm³/mol. The number of carbonyl (C=O) groups excluding carboxylic acids is 1. The SMILES string of the molecule is COc1ccc(C(C)NCC(=O)c2c(N)n(C)c(=O)n(C)c2=O)cc1Br. The van der Waals surface area contributed by atoms with Crippen molar-refractivity contribution in [1.82, 2.24) is 14.5 Å². The second-order valence-corrected chi connectivity index (χ2v) is 6.74. The molecule has 3 N–H and O–H groups in total. The Labute approximate surface area is 158 Å². The van der Waals surface area contributed by atoms with E-state index in [0.717, 1.165) is 19.2 Å². The van der Waals surface area contributed by atoms with Gasteiger partial charge in [0.05, 0.1) is 18.1 Å². The van der Waals surface area contributed by atoms with E-state index >= 15 is 0 Å². The molecule has 0 fully saturated rings. The molecule has 0 saturated heterocycles. The summed E-state index contributed by atoms with van der Waals surface area (Å²) in [4.78, 5) is 36.6. The van der Waals surface area contributed by atoms with Gasteiger partial charge in [0.15, 0.2) is 5.78 Å². The fourth-order valence-electron chi connectivity index (χ4n) is 2.53. The number of ether oxygens (including phenoxy) is 1. The van der Waals surface area contributed by atoms with Crippen LogP contribution in [0.4, 0.5) is 5.82 Å². The number of ketones is 1. The number of methoxy groups -OCH3 is 1. The highest BCUT2D eigenvalue weighted by molar-refractivity contribution is 9.10. The third kappa shape index (κ3) is 3.73. The molecular weight excluding hydrogens is 404 g/mol. The highest BCUT2D eigenvalue weighted by Crippen LogP contribution is 2.27. The number of carbonyl (C=O) groups is 1. The fourth-order valence-corrected chi connectivity index (χ4v) is 3.08. The lowest BCUT2D eigenvalue weighted by Gasteiger charge is -2.16. The van der Waals surface area contributed by atoms with E-state index in [-0.39, 0.29) is 24.0 Å². The van der Waals surface area contributed by atoms with Crippen LogP contribution >= 0.6 is 15.9 Å². The van der Waals surface area contributed by atoms with E-state index in [1.54, 1.807) is 7.11 Å². The topological polar surface area (TPSA) is 108 Å². The van der Waals surface area contributed by atoms with Crippen molar-refractivity contribution in [1.29, 1.82) is 0 Å². The highest BCUT2D eigenvalue weighted by atomic mass is 79.9. The molecule has 2 aromatic rings. The molecule has 0 aliphatic heterocycles. The van der Waals surface area contributed by atoms with Crippen molar-refractivity contribution in [3.8, 4) is 5.75 Å². The molecule has 0 spiro atoms. The molecule has 2 rings (SSSR count). The zero-order valence-electron chi connectivity index (χ0n) is 15.0. The zero-order valence-corrected chi connectivity index (χ0v) is 16.6. The van der Waals surface area contributed by atoms with Gasteiger partial charge >= 0.3 is 5.69 Å². The van der Waals surface area contributed by atoms with Gasteiger partial charge in [-0.1, -0.05) is 6.07 Å². The first kappa shape index (κ1) is 19.9.